The van der Waals surface area contributed by atoms with E-state index >= 15 is 0 Å². The average Bonchev–Trinajstić information content (AvgIpc) is 2.23. The van der Waals surface area contributed by atoms with Crippen molar-refractivity contribution in [3.05, 3.63) is 12.2 Å². The summed E-state index contributed by atoms with van der Waals surface area (Å²) in [5, 5.41) is 7.89. The number of nitrogens with zero attached hydrogens (tertiary/aromatic N) is 1. The molecule has 7 nitrogen and oxygen atoms in total. The summed E-state index contributed by atoms with van der Waals surface area (Å²) in [7, 11) is -4.27. The minimum atomic E-state index is -4.27. The quantitative estimate of drug-likeness (QED) is 0.474. The third kappa shape index (κ3) is 15.3. The SMILES string of the molecule is C=C(C)C(=O)O.CCN(CC)CCOP(=O)(O)O. The van der Waals surface area contributed by atoms with Crippen LogP contribution in [0, 0.1) is 0 Å². The molecular weight excluding hydrogens is 261 g/mol. The molecule has 0 heterocycles. The lowest BCUT2D eigenvalue weighted by atomic mass is 10.4. The minimum absolute atomic E-state index is 0.0754. The van der Waals surface area contributed by atoms with Crippen LogP contribution in [0.3, 0.4) is 0 Å². The van der Waals surface area contributed by atoms with Crippen LogP contribution in [0.15, 0.2) is 12.2 Å². The van der Waals surface area contributed by atoms with Gasteiger partial charge in [0.2, 0.25) is 0 Å². The molecule has 0 aromatic carbocycles. The van der Waals surface area contributed by atoms with Gasteiger partial charge in [-0.05, 0) is 20.0 Å². The molecule has 0 amide bonds. The summed E-state index contributed by atoms with van der Waals surface area (Å²) in [6.45, 7) is 10.9. The maximum Gasteiger partial charge on any atom is 0.469 e. The molecule has 0 bridgehead atoms. The van der Waals surface area contributed by atoms with Gasteiger partial charge in [0, 0.05) is 12.1 Å². The predicted octanol–water partition coefficient (Wildman–Crippen LogP) is 1.08. The third-order valence-electron chi connectivity index (χ3n) is 1.93. The summed E-state index contributed by atoms with van der Waals surface area (Å²) < 4.78 is 14.5. The second kappa shape index (κ2) is 10.2. The first kappa shape index (κ1) is 19.6. The highest BCUT2D eigenvalue weighted by Gasteiger charge is 2.13. The summed E-state index contributed by atoms with van der Waals surface area (Å²) in [6.07, 6.45) is 0. The molecule has 18 heavy (non-hydrogen) atoms. The van der Waals surface area contributed by atoms with Crippen LogP contribution >= 0.6 is 7.82 Å². The van der Waals surface area contributed by atoms with Crippen molar-refractivity contribution in [2.75, 3.05) is 26.2 Å². The van der Waals surface area contributed by atoms with E-state index in [1.165, 1.54) is 6.92 Å². The lowest BCUT2D eigenvalue weighted by Gasteiger charge is -2.17. The van der Waals surface area contributed by atoms with E-state index in [0.717, 1.165) is 13.1 Å². The van der Waals surface area contributed by atoms with E-state index in [-0.39, 0.29) is 12.2 Å². The van der Waals surface area contributed by atoms with Gasteiger partial charge in [-0.3, -0.25) is 4.52 Å². The van der Waals surface area contributed by atoms with Gasteiger partial charge in [0.25, 0.3) is 0 Å². The molecule has 0 spiro atoms. The highest BCUT2D eigenvalue weighted by Crippen LogP contribution is 2.35. The van der Waals surface area contributed by atoms with E-state index in [1.54, 1.807) is 0 Å². The normalized spacial score (nSPS) is 10.8. The Morgan fingerprint density at radius 2 is 1.72 bits per heavy atom. The summed E-state index contributed by atoms with van der Waals surface area (Å²) in [5.74, 6) is -0.935. The fourth-order valence-corrected chi connectivity index (χ4v) is 1.15. The molecule has 108 valence electrons. The summed E-state index contributed by atoms with van der Waals surface area (Å²) >= 11 is 0. The van der Waals surface area contributed by atoms with Crippen LogP contribution in [0.2, 0.25) is 0 Å². The largest absolute Gasteiger partial charge is 0.478 e. The van der Waals surface area contributed by atoms with Crippen molar-refractivity contribution in [1.82, 2.24) is 4.90 Å². The summed E-state index contributed by atoms with van der Waals surface area (Å²) in [6, 6.07) is 0. The first-order chi connectivity index (χ1) is 8.14. The van der Waals surface area contributed by atoms with Crippen molar-refractivity contribution in [1.29, 1.82) is 0 Å². The molecule has 0 radical (unpaired) electrons. The van der Waals surface area contributed by atoms with Crippen LogP contribution < -0.4 is 0 Å². The van der Waals surface area contributed by atoms with Crippen LogP contribution in [0.1, 0.15) is 20.8 Å². The molecule has 0 rings (SSSR count). The summed E-state index contributed by atoms with van der Waals surface area (Å²) in [5.41, 5.74) is 0.176. The smallest absolute Gasteiger partial charge is 0.469 e. The Kier molecular flexibility index (Phi) is 11.1. The van der Waals surface area contributed by atoms with Crippen LogP contribution in [0.25, 0.3) is 0 Å². The Morgan fingerprint density at radius 3 is 1.94 bits per heavy atom. The fourth-order valence-electron chi connectivity index (χ4n) is 0.829. The Hall–Kier alpha value is -0.720. The zero-order valence-electron chi connectivity index (χ0n) is 11.0. The molecule has 3 N–H and O–H groups in total. The van der Waals surface area contributed by atoms with Gasteiger partial charge in [-0.1, -0.05) is 20.4 Å². The lowest BCUT2D eigenvalue weighted by molar-refractivity contribution is -0.132. The van der Waals surface area contributed by atoms with Crippen LogP contribution in [-0.4, -0.2) is 52.0 Å². The number of carboxylic acid groups (broad SMARTS) is 1. The van der Waals surface area contributed by atoms with Crippen LogP contribution in [-0.2, 0) is 13.9 Å². The molecule has 0 saturated carbocycles. The first-order valence-corrected chi connectivity index (χ1v) is 6.98. The minimum Gasteiger partial charge on any atom is -0.478 e. The van der Waals surface area contributed by atoms with Gasteiger partial charge in [0.1, 0.15) is 0 Å². The van der Waals surface area contributed by atoms with Crippen molar-refractivity contribution < 1.29 is 28.8 Å². The topological polar surface area (TPSA) is 107 Å². The number of aliphatic carboxylic acids is 1. The molecule has 0 aliphatic rings. The van der Waals surface area contributed by atoms with Gasteiger partial charge in [0.05, 0.1) is 6.61 Å². The molecular formula is C10H22NO6P. The number of hydrogen-bond donors (Lipinski definition) is 3. The van der Waals surface area contributed by atoms with Gasteiger partial charge in [-0.15, -0.1) is 0 Å². The summed E-state index contributed by atoms with van der Waals surface area (Å²) in [4.78, 5) is 28.3. The first-order valence-electron chi connectivity index (χ1n) is 5.45. The van der Waals surface area contributed by atoms with Gasteiger partial charge >= 0.3 is 13.8 Å². The second-order valence-electron chi connectivity index (χ2n) is 3.44. The molecule has 0 fully saturated rings. The Balaban J connectivity index is 0. The van der Waals surface area contributed by atoms with Crippen molar-refractivity contribution in [2.24, 2.45) is 0 Å². The predicted molar refractivity (Wildman–Crippen MR) is 68.2 cm³/mol. The maximum atomic E-state index is 10.2. The number of likely N-dealkylation sites (N-methyl/N-ethyl adjacent to an activating group) is 1. The Labute approximate surface area is 107 Å². The molecule has 0 saturated heterocycles. The monoisotopic (exact) mass is 283 g/mol. The second-order valence-corrected chi connectivity index (χ2v) is 4.68. The van der Waals surface area contributed by atoms with Gasteiger partial charge in [0.15, 0.2) is 0 Å². The molecule has 8 heteroatoms. The number of carboxylic acids is 1. The number of rotatable bonds is 7. The van der Waals surface area contributed by atoms with Gasteiger partial charge < -0.3 is 19.8 Å². The number of phosphoric ester groups is 1. The number of hydrogen-bond acceptors (Lipinski definition) is 4. The van der Waals surface area contributed by atoms with Crippen molar-refractivity contribution in [3.63, 3.8) is 0 Å². The molecule has 0 aliphatic carbocycles. The van der Waals surface area contributed by atoms with Gasteiger partial charge in [-0.2, -0.15) is 0 Å². The molecule has 0 aromatic rings. The van der Waals surface area contributed by atoms with Crippen molar-refractivity contribution >= 4 is 13.8 Å². The standard InChI is InChI=1S/C6H16NO4P.C4H6O2/c1-3-7(4-2)5-6-11-12(8,9)10;1-3(2)4(5)6/h3-6H2,1-2H3,(H2,8,9,10);1H2,2H3,(H,5,6). The fraction of sp³-hybridized carbons (Fsp3) is 0.700. The highest BCUT2D eigenvalue weighted by atomic mass is 31.2. The van der Waals surface area contributed by atoms with E-state index in [1.807, 2.05) is 18.7 Å². The molecule has 0 aromatic heterocycles. The van der Waals surface area contributed by atoms with Crippen molar-refractivity contribution in [3.8, 4) is 0 Å². The number of phosphoric acid groups is 1. The molecule has 0 unspecified atom stereocenters. The lowest BCUT2D eigenvalue weighted by Crippen LogP contribution is -2.26. The van der Waals surface area contributed by atoms with Crippen LogP contribution in [0.5, 0.6) is 0 Å². The van der Waals surface area contributed by atoms with Gasteiger partial charge in [-0.25, -0.2) is 9.36 Å². The van der Waals surface area contributed by atoms with E-state index in [0.29, 0.717) is 6.54 Å². The third-order valence-corrected chi connectivity index (χ3v) is 2.45. The Bertz CT molecular complexity index is 285. The zero-order valence-corrected chi connectivity index (χ0v) is 11.9. The van der Waals surface area contributed by atoms with E-state index < -0.39 is 13.8 Å². The van der Waals surface area contributed by atoms with E-state index in [4.69, 9.17) is 14.9 Å². The molecule has 0 atom stereocenters. The Morgan fingerprint density at radius 1 is 1.33 bits per heavy atom. The average molecular weight is 283 g/mol. The molecule has 0 aliphatic heterocycles. The highest BCUT2D eigenvalue weighted by molar-refractivity contribution is 7.46. The zero-order chi connectivity index (χ0) is 14.8. The maximum absolute atomic E-state index is 10.2. The van der Waals surface area contributed by atoms with E-state index in [2.05, 4.69) is 11.1 Å². The van der Waals surface area contributed by atoms with Crippen molar-refractivity contribution in [2.45, 2.75) is 20.8 Å². The number of carbonyl (C=O) groups is 1. The van der Waals surface area contributed by atoms with E-state index in [9.17, 15) is 9.36 Å². The van der Waals surface area contributed by atoms with Crippen LogP contribution in [0.4, 0.5) is 0 Å².